The molecule has 14 heavy (non-hydrogen) atoms. The molecule has 0 fully saturated rings. The lowest BCUT2D eigenvalue weighted by molar-refractivity contribution is 0.104. The van der Waals surface area contributed by atoms with Gasteiger partial charge in [0.25, 0.3) is 0 Å². The van der Waals surface area contributed by atoms with Crippen LogP contribution < -0.4 is 0 Å². The molecule has 0 N–H and O–H groups in total. The van der Waals surface area contributed by atoms with Crippen molar-refractivity contribution in [1.82, 2.24) is 4.98 Å². The number of carbonyl (C=O) groups is 1. The molecule has 0 aliphatic heterocycles. The number of carbonyl (C=O) groups excluding carboxylic acids is 1. The Hall–Kier alpha value is -1.96. The summed E-state index contributed by atoms with van der Waals surface area (Å²) in [5.41, 5.74) is 0.443. The predicted octanol–water partition coefficient (Wildman–Crippen LogP) is 2.60. The Balaban J connectivity index is 2.62. The second-order valence-electron chi connectivity index (χ2n) is 2.99. The monoisotopic (exact) mass is 183 g/mol. The molecule has 1 aromatic heterocycles. The van der Waals surface area contributed by atoms with Crippen LogP contribution in [-0.4, -0.2) is 10.8 Å². The maximum Gasteiger partial charge on any atom is 0.203 e. The van der Waals surface area contributed by atoms with Crippen LogP contribution in [0.4, 0.5) is 0 Å². The van der Waals surface area contributed by atoms with Gasteiger partial charge in [-0.3, -0.25) is 9.78 Å². The van der Waals surface area contributed by atoms with Gasteiger partial charge in [-0.1, -0.05) is 30.8 Å². The minimum absolute atomic E-state index is 0.143. The second-order valence-corrected chi connectivity index (χ2v) is 2.99. The highest BCUT2D eigenvalue weighted by Gasteiger charge is 2.02. The Morgan fingerprint density at radius 1 is 1.29 bits per heavy atom. The number of hydrogen-bond donors (Lipinski definition) is 0. The molecule has 2 aromatic rings. The number of pyridine rings is 1. The molecule has 0 saturated heterocycles. The first-order valence-electron chi connectivity index (χ1n) is 4.33. The number of ketones is 1. The van der Waals surface area contributed by atoms with E-state index in [1.807, 2.05) is 24.3 Å². The van der Waals surface area contributed by atoms with E-state index in [1.54, 1.807) is 12.3 Å². The van der Waals surface area contributed by atoms with Crippen LogP contribution in [0.5, 0.6) is 0 Å². The first-order chi connectivity index (χ1) is 6.81. The average Bonchev–Trinajstić information content (AvgIpc) is 2.27. The normalized spacial score (nSPS) is 10.0. The summed E-state index contributed by atoms with van der Waals surface area (Å²) in [5.74, 6) is -0.143. The standard InChI is InChI=1S/C12H9NO/c1-2-12(14)11-7-9-5-3-4-6-10(9)8-13-11/h2-8H,1H2. The predicted molar refractivity (Wildman–Crippen MR) is 56.3 cm³/mol. The average molecular weight is 183 g/mol. The molecular formula is C12H9NO. The molecule has 2 heteroatoms. The molecule has 0 spiro atoms. The molecule has 0 amide bonds. The van der Waals surface area contributed by atoms with Gasteiger partial charge < -0.3 is 0 Å². The van der Waals surface area contributed by atoms with Gasteiger partial charge in [-0.25, -0.2) is 0 Å². The SMILES string of the molecule is C=CC(=O)c1cc2ccccc2cn1. The Morgan fingerprint density at radius 3 is 2.71 bits per heavy atom. The number of allylic oxidation sites excluding steroid dienone is 1. The molecule has 0 atom stereocenters. The Labute approximate surface area is 81.9 Å². The molecule has 0 saturated carbocycles. The van der Waals surface area contributed by atoms with Crippen LogP contribution in [0.15, 0.2) is 49.2 Å². The first-order valence-corrected chi connectivity index (χ1v) is 4.33. The molecule has 2 nitrogen and oxygen atoms in total. The van der Waals surface area contributed by atoms with Crippen molar-refractivity contribution in [3.05, 3.63) is 54.9 Å². The van der Waals surface area contributed by atoms with Gasteiger partial charge in [0.05, 0.1) is 0 Å². The van der Waals surface area contributed by atoms with Gasteiger partial charge in [0, 0.05) is 11.6 Å². The number of rotatable bonds is 2. The van der Waals surface area contributed by atoms with E-state index in [9.17, 15) is 4.79 Å². The van der Waals surface area contributed by atoms with E-state index >= 15 is 0 Å². The highest BCUT2D eigenvalue weighted by Crippen LogP contribution is 2.13. The summed E-state index contributed by atoms with van der Waals surface area (Å²) < 4.78 is 0. The van der Waals surface area contributed by atoms with Crippen molar-refractivity contribution in [3.63, 3.8) is 0 Å². The van der Waals surface area contributed by atoms with Crippen LogP contribution in [0, 0.1) is 0 Å². The summed E-state index contributed by atoms with van der Waals surface area (Å²) in [5, 5.41) is 2.06. The molecule has 1 aromatic carbocycles. The highest BCUT2D eigenvalue weighted by atomic mass is 16.1. The minimum atomic E-state index is -0.143. The number of aromatic nitrogens is 1. The van der Waals surface area contributed by atoms with E-state index in [1.165, 1.54) is 6.08 Å². The molecular weight excluding hydrogens is 174 g/mol. The molecule has 0 radical (unpaired) electrons. The van der Waals surface area contributed by atoms with Crippen molar-refractivity contribution in [2.45, 2.75) is 0 Å². The third-order valence-corrected chi connectivity index (χ3v) is 2.07. The zero-order valence-corrected chi connectivity index (χ0v) is 7.60. The van der Waals surface area contributed by atoms with Gasteiger partial charge in [-0.15, -0.1) is 0 Å². The summed E-state index contributed by atoms with van der Waals surface area (Å²) >= 11 is 0. The lowest BCUT2D eigenvalue weighted by Gasteiger charge is -1.98. The maximum absolute atomic E-state index is 11.3. The van der Waals surface area contributed by atoms with Crippen molar-refractivity contribution in [3.8, 4) is 0 Å². The van der Waals surface area contributed by atoms with Crippen LogP contribution in [0.25, 0.3) is 10.8 Å². The molecule has 2 rings (SSSR count). The Kier molecular flexibility index (Phi) is 2.11. The second kappa shape index (κ2) is 3.42. The molecule has 68 valence electrons. The largest absolute Gasteiger partial charge is 0.288 e. The number of fused-ring (bicyclic) bond motifs is 1. The summed E-state index contributed by atoms with van der Waals surface area (Å²) in [6, 6.07) is 9.57. The van der Waals surface area contributed by atoms with E-state index in [2.05, 4.69) is 11.6 Å². The van der Waals surface area contributed by atoms with Gasteiger partial charge in [0.1, 0.15) is 5.69 Å². The lowest BCUT2D eigenvalue weighted by Crippen LogP contribution is -1.96. The topological polar surface area (TPSA) is 30.0 Å². The fourth-order valence-electron chi connectivity index (χ4n) is 1.32. The summed E-state index contributed by atoms with van der Waals surface area (Å²) in [6.07, 6.45) is 2.98. The quantitative estimate of drug-likeness (QED) is 0.529. The van der Waals surface area contributed by atoms with Gasteiger partial charge in [0.2, 0.25) is 5.78 Å². The smallest absolute Gasteiger partial charge is 0.203 e. The molecule has 1 heterocycles. The van der Waals surface area contributed by atoms with Gasteiger partial charge >= 0.3 is 0 Å². The van der Waals surface area contributed by atoms with E-state index in [0.717, 1.165) is 10.8 Å². The lowest BCUT2D eigenvalue weighted by atomic mass is 10.1. The van der Waals surface area contributed by atoms with Crippen LogP contribution >= 0.6 is 0 Å². The third kappa shape index (κ3) is 1.42. The number of benzene rings is 1. The summed E-state index contributed by atoms with van der Waals surface area (Å²) in [6.45, 7) is 3.43. The molecule has 0 unspecified atom stereocenters. The van der Waals surface area contributed by atoms with Crippen LogP contribution in [-0.2, 0) is 0 Å². The van der Waals surface area contributed by atoms with Crippen LogP contribution in [0.2, 0.25) is 0 Å². The molecule has 0 bridgehead atoms. The fourth-order valence-corrected chi connectivity index (χ4v) is 1.32. The Morgan fingerprint density at radius 2 is 2.00 bits per heavy atom. The Bertz CT molecular complexity index is 502. The van der Waals surface area contributed by atoms with E-state index in [4.69, 9.17) is 0 Å². The number of hydrogen-bond acceptors (Lipinski definition) is 2. The zero-order valence-electron chi connectivity index (χ0n) is 7.60. The molecule has 0 aliphatic rings. The zero-order chi connectivity index (χ0) is 9.97. The van der Waals surface area contributed by atoms with Crippen LogP contribution in [0.1, 0.15) is 10.5 Å². The van der Waals surface area contributed by atoms with Crippen LogP contribution in [0.3, 0.4) is 0 Å². The fraction of sp³-hybridized carbons (Fsp3) is 0. The van der Waals surface area contributed by atoms with Crippen molar-refractivity contribution in [2.24, 2.45) is 0 Å². The van der Waals surface area contributed by atoms with Crippen molar-refractivity contribution in [1.29, 1.82) is 0 Å². The highest BCUT2D eigenvalue weighted by molar-refractivity contribution is 6.04. The van der Waals surface area contributed by atoms with Crippen molar-refractivity contribution >= 4 is 16.6 Å². The minimum Gasteiger partial charge on any atom is -0.288 e. The maximum atomic E-state index is 11.3. The third-order valence-electron chi connectivity index (χ3n) is 2.07. The van der Waals surface area contributed by atoms with Crippen molar-refractivity contribution < 1.29 is 4.79 Å². The summed E-state index contributed by atoms with van der Waals surface area (Å²) in [7, 11) is 0. The van der Waals surface area contributed by atoms with E-state index in [0.29, 0.717) is 5.69 Å². The van der Waals surface area contributed by atoms with E-state index < -0.39 is 0 Å². The van der Waals surface area contributed by atoms with Crippen molar-refractivity contribution in [2.75, 3.05) is 0 Å². The number of nitrogens with zero attached hydrogens (tertiary/aromatic N) is 1. The summed E-state index contributed by atoms with van der Waals surface area (Å²) in [4.78, 5) is 15.3. The van der Waals surface area contributed by atoms with Gasteiger partial charge in [-0.05, 0) is 17.5 Å². The van der Waals surface area contributed by atoms with E-state index in [-0.39, 0.29) is 5.78 Å². The van der Waals surface area contributed by atoms with Gasteiger partial charge in [0.15, 0.2) is 0 Å². The first kappa shape index (κ1) is 8.63. The molecule has 0 aliphatic carbocycles. The van der Waals surface area contributed by atoms with Gasteiger partial charge in [-0.2, -0.15) is 0 Å².